The second-order valence-electron chi connectivity index (χ2n) is 4.80. The van der Waals surface area contributed by atoms with Gasteiger partial charge in [0.15, 0.2) is 0 Å². The first-order valence-electron chi connectivity index (χ1n) is 5.75. The number of nitrogens with two attached hydrogens (primary N) is 1. The van der Waals surface area contributed by atoms with E-state index in [0.29, 0.717) is 5.75 Å². The molecule has 3 N–H and O–H groups in total. The predicted molar refractivity (Wildman–Crippen MR) is 67.6 cm³/mol. The minimum absolute atomic E-state index is 0.0534. The smallest absolute Gasteiger partial charge is 0.327 e. The lowest BCUT2D eigenvalue weighted by atomic mass is 10.1. The number of amides is 1. The Kier molecular flexibility index (Phi) is 4.82. The largest absolute Gasteiger partial charge is 0.480 e. The van der Waals surface area contributed by atoms with Crippen molar-refractivity contribution < 1.29 is 14.7 Å². The molecule has 17 heavy (non-hydrogen) atoms. The number of hydrogen-bond acceptors (Lipinski definition) is 4. The monoisotopic (exact) mass is 260 g/mol. The third-order valence-electron chi connectivity index (χ3n) is 2.67. The Balaban J connectivity index is 2.85. The van der Waals surface area contributed by atoms with Crippen molar-refractivity contribution in [2.75, 3.05) is 5.75 Å². The lowest BCUT2D eigenvalue weighted by molar-refractivity contribution is -0.149. The number of nitrogens with zero attached hydrogens (tertiary/aromatic N) is 1. The SMILES string of the molecule is CC(N)CC(=O)N1C(C(=O)O)CSC1C(C)C. The maximum absolute atomic E-state index is 12.1. The molecule has 98 valence electrons. The summed E-state index contributed by atoms with van der Waals surface area (Å²) in [6.07, 6.45) is 0.202. The molecule has 5 nitrogen and oxygen atoms in total. The van der Waals surface area contributed by atoms with Gasteiger partial charge in [-0.25, -0.2) is 4.79 Å². The molecule has 3 atom stereocenters. The number of carbonyl (C=O) groups is 2. The molecule has 1 aliphatic heterocycles. The van der Waals surface area contributed by atoms with Crippen molar-refractivity contribution in [3.05, 3.63) is 0 Å². The number of carbonyl (C=O) groups excluding carboxylic acids is 1. The summed E-state index contributed by atoms with van der Waals surface area (Å²) in [7, 11) is 0. The first-order chi connectivity index (χ1) is 7.84. The molecular weight excluding hydrogens is 240 g/mol. The summed E-state index contributed by atoms with van der Waals surface area (Å²) < 4.78 is 0. The molecule has 3 unspecified atom stereocenters. The standard InChI is InChI=1S/C11H20N2O3S/c1-6(2)10-13(9(14)4-7(3)12)8(5-17-10)11(15)16/h6-8,10H,4-5,12H2,1-3H3,(H,15,16). The van der Waals surface area contributed by atoms with Crippen molar-refractivity contribution in [3.8, 4) is 0 Å². The molecule has 0 saturated carbocycles. The Morgan fingerprint density at radius 3 is 2.47 bits per heavy atom. The first kappa shape index (κ1) is 14.3. The zero-order valence-corrected chi connectivity index (χ0v) is 11.2. The van der Waals surface area contributed by atoms with E-state index in [9.17, 15) is 9.59 Å². The van der Waals surface area contributed by atoms with Gasteiger partial charge in [-0.1, -0.05) is 13.8 Å². The van der Waals surface area contributed by atoms with Gasteiger partial charge in [-0.15, -0.1) is 11.8 Å². The molecule has 0 bridgehead atoms. The Bertz CT molecular complexity index is 307. The maximum atomic E-state index is 12.1. The van der Waals surface area contributed by atoms with Gasteiger partial charge in [0.25, 0.3) is 0 Å². The summed E-state index contributed by atoms with van der Waals surface area (Å²) in [6, 6.07) is -0.950. The van der Waals surface area contributed by atoms with Crippen LogP contribution in [0.3, 0.4) is 0 Å². The number of carboxylic acids is 1. The molecule has 0 radical (unpaired) electrons. The molecule has 0 aromatic heterocycles. The Morgan fingerprint density at radius 1 is 1.47 bits per heavy atom. The summed E-state index contributed by atoms with van der Waals surface area (Å²) >= 11 is 1.53. The molecule has 1 saturated heterocycles. The van der Waals surface area contributed by atoms with E-state index in [4.69, 9.17) is 10.8 Å². The molecule has 0 spiro atoms. The van der Waals surface area contributed by atoms with Crippen LogP contribution >= 0.6 is 11.8 Å². The van der Waals surface area contributed by atoms with Crippen molar-refractivity contribution >= 4 is 23.6 Å². The van der Waals surface area contributed by atoms with Gasteiger partial charge in [-0.2, -0.15) is 0 Å². The second-order valence-corrected chi connectivity index (χ2v) is 5.95. The van der Waals surface area contributed by atoms with E-state index in [1.165, 1.54) is 16.7 Å². The quantitative estimate of drug-likeness (QED) is 0.778. The fourth-order valence-corrected chi connectivity index (χ4v) is 3.42. The summed E-state index contributed by atoms with van der Waals surface area (Å²) in [6.45, 7) is 5.74. The first-order valence-corrected chi connectivity index (χ1v) is 6.80. The van der Waals surface area contributed by atoms with Crippen LogP contribution in [0.5, 0.6) is 0 Å². The highest BCUT2D eigenvalue weighted by atomic mass is 32.2. The molecule has 1 fully saturated rings. The van der Waals surface area contributed by atoms with Gasteiger partial charge < -0.3 is 15.7 Å². The molecule has 0 aromatic rings. The number of thioether (sulfide) groups is 1. The highest BCUT2D eigenvalue weighted by molar-refractivity contribution is 8.00. The lowest BCUT2D eigenvalue weighted by Crippen LogP contribution is -2.48. The zero-order chi connectivity index (χ0) is 13.2. The molecule has 1 amide bonds. The minimum Gasteiger partial charge on any atom is -0.480 e. The van der Waals surface area contributed by atoms with Gasteiger partial charge in [-0.05, 0) is 12.8 Å². The summed E-state index contributed by atoms with van der Waals surface area (Å²) in [5.74, 6) is -0.390. The summed E-state index contributed by atoms with van der Waals surface area (Å²) in [4.78, 5) is 24.7. The maximum Gasteiger partial charge on any atom is 0.327 e. The Labute approximate surface area is 106 Å². The van der Waals surface area contributed by atoms with E-state index in [1.807, 2.05) is 13.8 Å². The topological polar surface area (TPSA) is 83.6 Å². The molecule has 1 aliphatic rings. The zero-order valence-electron chi connectivity index (χ0n) is 10.4. The van der Waals surface area contributed by atoms with Crippen LogP contribution in [-0.2, 0) is 9.59 Å². The molecule has 1 rings (SSSR count). The van der Waals surface area contributed by atoms with Gasteiger partial charge in [-0.3, -0.25) is 4.79 Å². The fraction of sp³-hybridized carbons (Fsp3) is 0.818. The third kappa shape index (κ3) is 3.35. The van der Waals surface area contributed by atoms with E-state index >= 15 is 0 Å². The van der Waals surface area contributed by atoms with Crippen molar-refractivity contribution in [3.63, 3.8) is 0 Å². The molecule has 1 heterocycles. The Hall–Kier alpha value is -0.750. The molecule has 6 heteroatoms. The van der Waals surface area contributed by atoms with E-state index in [2.05, 4.69) is 0 Å². The van der Waals surface area contributed by atoms with Gasteiger partial charge in [0, 0.05) is 18.2 Å². The fourth-order valence-electron chi connectivity index (χ4n) is 1.93. The number of carboxylic acid groups (broad SMARTS) is 1. The van der Waals surface area contributed by atoms with E-state index in [-0.39, 0.29) is 29.7 Å². The van der Waals surface area contributed by atoms with Crippen LogP contribution in [0, 0.1) is 5.92 Å². The summed E-state index contributed by atoms with van der Waals surface area (Å²) in [5.41, 5.74) is 5.60. The van der Waals surface area contributed by atoms with Gasteiger partial charge in [0.05, 0.1) is 5.37 Å². The van der Waals surface area contributed by atoms with Crippen LogP contribution in [0.15, 0.2) is 0 Å². The molecule has 0 aliphatic carbocycles. The van der Waals surface area contributed by atoms with Crippen LogP contribution in [0.1, 0.15) is 27.2 Å². The predicted octanol–water partition coefficient (Wildman–Crippen LogP) is 0.734. The lowest BCUT2D eigenvalue weighted by Gasteiger charge is -2.30. The summed E-state index contributed by atoms with van der Waals surface area (Å²) in [5, 5.41) is 9.07. The van der Waals surface area contributed by atoms with Crippen LogP contribution in [0.25, 0.3) is 0 Å². The van der Waals surface area contributed by atoms with Crippen molar-refractivity contribution in [1.82, 2.24) is 4.90 Å². The number of hydrogen-bond donors (Lipinski definition) is 2. The minimum atomic E-state index is -0.932. The second kappa shape index (κ2) is 5.73. The van der Waals surface area contributed by atoms with Crippen molar-refractivity contribution in [2.24, 2.45) is 11.7 Å². The van der Waals surface area contributed by atoms with E-state index in [1.54, 1.807) is 6.92 Å². The van der Waals surface area contributed by atoms with E-state index < -0.39 is 12.0 Å². The van der Waals surface area contributed by atoms with Crippen molar-refractivity contribution in [2.45, 2.75) is 44.6 Å². The van der Waals surface area contributed by atoms with Crippen LogP contribution in [0.4, 0.5) is 0 Å². The average Bonchev–Trinajstić information content (AvgIpc) is 2.59. The van der Waals surface area contributed by atoms with Crippen LogP contribution < -0.4 is 5.73 Å². The van der Waals surface area contributed by atoms with Crippen molar-refractivity contribution in [1.29, 1.82) is 0 Å². The van der Waals surface area contributed by atoms with Crippen LogP contribution in [-0.4, -0.2) is 45.1 Å². The highest BCUT2D eigenvalue weighted by Crippen LogP contribution is 2.34. The molecule has 0 aromatic carbocycles. The molecular formula is C11H20N2O3S. The number of aliphatic carboxylic acids is 1. The van der Waals surface area contributed by atoms with E-state index in [0.717, 1.165) is 0 Å². The van der Waals surface area contributed by atoms with Crippen LogP contribution in [0.2, 0.25) is 0 Å². The Morgan fingerprint density at radius 2 is 2.06 bits per heavy atom. The van der Waals surface area contributed by atoms with Gasteiger partial charge >= 0.3 is 5.97 Å². The van der Waals surface area contributed by atoms with Gasteiger partial charge in [0.2, 0.25) is 5.91 Å². The highest BCUT2D eigenvalue weighted by Gasteiger charge is 2.42. The normalized spacial score (nSPS) is 26.3. The average molecular weight is 260 g/mol. The third-order valence-corrected chi connectivity index (χ3v) is 4.30. The van der Waals surface area contributed by atoms with Gasteiger partial charge in [0.1, 0.15) is 6.04 Å². The number of rotatable bonds is 4.